The monoisotopic (exact) mass is 431 g/mol. The molecule has 0 bridgehead atoms. The van der Waals surface area contributed by atoms with Gasteiger partial charge in [0.1, 0.15) is 6.04 Å². The molecule has 1 aromatic heterocycles. The molecule has 1 atom stereocenters. The van der Waals surface area contributed by atoms with Gasteiger partial charge in [0.05, 0.1) is 11.4 Å². The Morgan fingerprint density at radius 1 is 1.16 bits per heavy atom. The topological polar surface area (TPSA) is 79.3 Å². The summed E-state index contributed by atoms with van der Waals surface area (Å²) in [5.41, 5.74) is 4.10. The number of urea groups is 1. The van der Waals surface area contributed by atoms with Crippen molar-refractivity contribution in [3.8, 4) is 16.9 Å². The quantitative estimate of drug-likeness (QED) is 0.587. The van der Waals surface area contributed by atoms with Gasteiger partial charge >= 0.3 is 6.03 Å². The largest absolute Gasteiger partial charge is 0.335 e. The molecule has 0 unspecified atom stereocenters. The zero-order valence-corrected chi connectivity index (χ0v) is 18.7. The van der Waals surface area contributed by atoms with Crippen LogP contribution in [0.25, 0.3) is 16.9 Å². The van der Waals surface area contributed by atoms with Crippen LogP contribution in [0, 0.1) is 0 Å². The van der Waals surface area contributed by atoms with Crippen molar-refractivity contribution in [2.24, 2.45) is 0 Å². The van der Waals surface area contributed by atoms with Crippen LogP contribution in [0.2, 0.25) is 0 Å². The Labute approximate surface area is 188 Å². The average molecular weight is 432 g/mol. The van der Waals surface area contributed by atoms with Gasteiger partial charge in [-0.1, -0.05) is 49.7 Å². The number of hydrogen-bond donors (Lipinski definition) is 2. The molecule has 32 heavy (non-hydrogen) atoms. The van der Waals surface area contributed by atoms with Crippen LogP contribution in [0.15, 0.2) is 60.7 Å². The average Bonchev–Trinajstić information content (AvgIpc) is 3.38. The maximum atomic E-state index is 13.0. The van der Waals surface area contributed by atoms with E-state index in [1.54, 1.807) is 4.90 Å². The summed E-state index contributed by atoms with van der Waals surface area (Å²) in [5, 5.41) is 10.4. The molecule has 3 aromatic rings. The van der Waals surface area contributed by atoms with Gasteiger partial charge in [0.15, 0.2) is 5.82 Å². The number of amides is 3. The first kappa shape index (κ1) is 21.6. The van der Waals surface area contributed by atoms with E-state index in [1.807, 2.05) is 54.9 Å². The zero-order valence-electron chi connectivity index (χ0n) is 18.7. The minimum absolute atomic E-state index is 0.0769. The third kappa shape index (κ3) is 4.37. The summed E-state index contributed by atoms with van der Waals surface area (Å²) >= 11 is 0. The van der Waals surface area contributed by atoms with Gasteiger partial charge in [0.2, 0.25) is 5.91 Å². The number of carbonyl (C=O) groups is 2. The van der Waals surface area contributed by atoms with Gasteiger partial charge in [-0.15, -0.1) is 5.10 Å². The molecule has 0 saturated carbocycles. The Morgan fingerprint density at radius 2 is 1.94 bits per heavy atom. The van der Waals surface area contributed by atoms with E-state index in [0.717, 1.165) is 29.8 Å². The zero-order chi connectivity index (χ0) is 22.7. The number of rotatable bonds is 7. The van der Waals surface area contributed by atoms with Crippen molar-refractivity contribution in [3.63, 3.8) is 0 Å². The summed E-state index contributed by atoms with van der Waals surface area (Å²) in [6, 6.07) is 19.3. The van der Waals surface area contributed by atoms with Crippen LogP contribution in [-0.2, 0) is 11.2 Å². The number of aryl methyl sites for hydroxylation is 1. The van der Waals surface area contributed by atoms with Crippen LogP contribution in [0.4, 0.5) is 10.6 Å². The van der Waals surface area contributed by atoms with E-state index in [9.17, 15) is 9.59 Å². The molecule has 3 amide bonds. The van der Waals surface area contributed by atoms with E-state index < -0.39 is 6.04 Å². The molecule has 7 nitrogen and oxygen atoms in total. The van der Waals surface area contributed by atoms with Crippen LogP contribution >= 0.6 is 0 Å². The number of para-hydroxylation sites is 1. The minimum Gasteiger partial charge on any atom is -0.335 e. The Hall–Kier alpha value is -3.61. The fraction of sp³-hybridized carbons (Fsp3) is 0.320. The van der Waals surface area contributed by atoms with Crippen LogP contribution in [0.1, 0.15) is 32.8 Å². The molecule has 0 spiro atoms. The summed E-state index contributed by atoms with van der Waals surface area (Å²) in [4.78, 5) is 26.7. The van der Waals surface area contributed by atoms with Gasteiger partial charge in [-0.25, -0.2) is 9.48 Å². The van der Waals surface area contributed by atoms with Crippen LogP contribution < -0.4 is 10.6 Å². The van der Waals surface area contributed by atoms with Crippen molar-refractivity contribution in [1.82, 2.24) is 20.0 Å². The van der Waals surface area contributed by atoms with Crippen molar-refractivity contribution in [2.45, 2.75) is 45.7 Å². The molecular weight excluding hydrogens is 402 g/mol. The molecule has 2 heterocycles. The predicted molar refractivity (Wildman–Crippen MR) is 126 cm³/mol. The van der Waals surface area contributed by atoms with Crippen LogP contribution in [0.3, 0.4) is 0 Å². The number of nitrogens with zero attached hydrogens (tertiary/aromatic N) is 3. The number of nitrogens with one attached hydrogen (secondary N) is 2. The van der Waals surface area contributed by atoms with Crippen molar-refractivity contribution in [3.05, 3.63) is 66.2 Å². The third-order valence-corrected chi connectivity index (χ3v) is 5.60. The number of aromatic nitrogens is 2. The highest BCUT2D eigenvalue weighted by Crippen LogP contribution is 2.27. The van der Waals surface area contributed by atoms with Crippen LogP contribution in [-0.4, -0.2) is 45.2 Å². The molecule has 1 fully saturated rings. The number of anilines is 1. The Bertz CT molecular complexity index is 1110. The van der Waals surface area contributed by atoms with E-state index in [2.05, 4.69) is 41.8 Å². The fourth-order valence-corrected chi connectivity index (χ4v) is 4.13. The molecule has 4 rings (SSSR count). The fourth-order valence-electron chi connectivity index (χ4n) is 4.13. The minimum atomic E-state index is -0.569. The van der Waals surface area contributed by atoms with Gasteiger partial charge in [-0.2, -0.15) is 0 Å². The van der Waals surface area contributed by atoms with Gasteiger partial charge in [-0.05, 0) is 44.0 Å². The SMILES string of the molecule is CCCc1cccc(-c2cc(NC(=O)[C@H]3CNC(=O)N3C(C)C)nn2-c2ccccc2)c1. The van der Waals surface area contributed by atoms with Gasteiger partial charge in [0, 0.05) is 24.2 Å². The maximum absolute atomic E-state index is 13.0. The highest BCUT2D eigenvalue weighted by Gasteiger charge is 2.37. The molecule has 1 saturated heterocycles. The molecule has 1 aliphatic rings. The Kier molecular flexibility index (Phi) is 6.25. The Morgan fingerprint density at radius 3 is 2.66 bits per heavy atom. The summed E-state index contributed by atoms with van der Waals surface area (Å²) in [6.45, 7) is 6.25. The van der Waals surface area contributed by atoms with Gasteiger partial charge in [-0.3, -0.25) is 4.79 Å². The second-order valence-corrected chi connectivity index (χ2v) is 8.30. The van der Waals surface area contributed by atoms with Crippen molar-refractivity contribution < 1.29 is 9.59 Å². The van der Waals surface area contributed by atoms with Crippen molar-refractivity contribution >= 4 is 17.8 Å². The molecule has 166 valence electrons. The first-order chi connectivity index (χ1) is 15.5. The molecule has 7 heteroatoms. The van der Waals surface area contributed by atoms with Crippen LogP contribution in [0.5, 0.6) is 0 Å². The molecule has 0 aliphatic carbocycles. The standard InChI is InChI=1S/C25H29N5O2/c1-4-9-18-10-8-11-19(14-18)21-15-23(28-30(21)20-12-6-5-7-13-20)27-24(31)22-16-26-25(32)29(22)17(2)3/h5-8,10-15,17,22H,4,9,16H2,1-3H3,(H,26,32)(H,27,28,31)/t22-/m1/s1. The highest BCUT2D eigenvalue weighted by molar-refractivity contribution is 5.98. The van der Waals surface area contributed by atoms with Gasteiger partial charge < -0.3 is 15.5 Å². The predicted octanol–water partition coefficient (Wildman–Crippen LogP) is 4.23. The molecule has 1 aliphatic heterocycles. The lowest BCUT2D eigenvalue weighted by atomic mass is 10.0. The maximum Gasteiger partial charge on any atom is 0.318 e. The number of carbonyl (C=O) groups excluding carboxylic acids is 2. The third-order valence-electron chi connectivity index (χ3n) is 5.60. The summed E-state index contributed by atoms with van der Waals surface area (Å²) in [6.07, 6.45) is 2.08. The highest BCUT2D eigenvalue weighted by atomic mass is 16.2. The second kappa shape index (κ2) is 9.26. The first-order valence-electron chi connectivity index (χ1n) is 11.1. The second-order valence-electron chi connectivity index (χ2n) is 8.30. The normalized spacial score (nSPS) is 15.8. The molecular formula is C25H29N5O2. The summed E-state index contributed by atoms with van der Waals surface area (Å²) < 4.78 is 1.85. The lowest BCUT2D eigenvalue weighted by Crippen LogP contribution is -2.46. The lowest BCUT2D eigenvalue weighted by Gasteiger charge is -2.25. The van der Waals surface area contributed by atoms with E-state index in [0.29, 0.717) is 5.82 Å². The molecule has 2 N–H and O–H groups in total. The van der Waals surface area contributed by atoms with E-state index >= 15 is 0 Å². The van der Waals surface area contributed by atoms with E-state index in [1.165, 1.54) is 5.56 Å². The van der Waals surface area contributed by atoms with Crippen molar-refractivity contribution in [1.29, 1.82) is 0 Å². The van der Waals surface area contributed by atoms with E-state index in [4.69, 9.17) is 5.10 Å². The number of hydrogen-bond acceptors (Lipinski definition) is 3. The molecule has 0 radical (unpaired) electrons. The summed E-state index contributed by atoms with van der Waals surface area (Å²) in [5.74, 6) is 0.207. The summed E-state index contributed by atoms with van der Waals surface area (Å²) in [7, 11) is 0. The lowest BCUT2D eigenvalue weighted by molar-refractivity contribution is -0.119. The van der Waals surface area contributed by atoms with Gasteiger partial charge in [0.25, 0.3) is 0 Å². The smallest absolute Gasteiger partial charge is 0.318 e. The molecule has 2 aromatic carbocycles. The van der Waals surface area contributed by atoms with E-state index in [-0.39, 0.29) is 24.5 Å². The Balaban J connectivity index is 1.68. The first-order valence-corrected chi connectivity index (χ1v) is 11.1. The van der Waals surface area contributed by atoms with Crippen molar-refractivity contribution in [2.75, 3.05) is 11.9 Å². The number of benzene rings is 2.